The summed E-state index contributed by atoms with van der Waals surface area (Å²) in [5.74, 6) is 0.674. The molecule has 2 rings (SSSR count). The fourth-order valence-corrected chi connectivity index (χ4v) is 2.89. The molecule has 3 N–H and O–H groups in total. The van der Waals surface area contributed by atoms with Gasteiger partial charge in [0.1, 0.15) is 0 Å². The van der Waals surface area contributed by atoms with Crippen LogP contribution in [0.3, 0.4) is 0 Å². The first kappa shape index (κ1) is 15.7. The van der Waals surface area contributed by atoms with Gasteiger partial charge in [0, 0.05) is 22.2 Å². The number of amides is 1. The number of nitrogens with one attached hydrogen (secondary N) is 1. The van der Waals surface area contributed by atoms with Crippen LogP contribution < -0.4 is 11.1 Å². The minimum absolute atomic E-state index is 0.0307. The highest BCUT2D eigenvalue weighted by atomic mass is 35.5. The average Bonchev–Trinajstić information content (AvgIpc) is 2.48. The number of anilines is 2. The number of rotatable bonds is 5. The summed E-state index contributed by atoms with van der Waals surface area (Å²) >= 11 is 7.66. The van der Waals surface area contributed by atoms with Crippen LogP contribution >= 0.6 is 23.4 Å². The second kappa shape index (κ2) is 7.38. The fraction of sp³-hybridized carbons (Fsp3) is 0.188. The molecule has 0 aliphatic carbocycles. The summed E-state index contributed by atoms with van der Waals surface area (Å²) in [5.41, 5.74) is 8.08. The number of hydrogen-bond donors (Lipinski definition) is 2. The van der Waals surface area contributed by atoms with Crippen molar-refractivity contribution in [2.24, 2.45) is 0 Å². The van der Waals surface area contributed by atoms with Gasteiger partial charge in [-0.3, -0.25) is 4.79 Å². The number of carbonyl (C=O) groups is 1. The summed E-state index contributed by atoms with van der Waals surface area (Å²) in [4.78, 5) is 12.1. The molecule has 1 unspecified atom stereocenters. The van der Waals surface area contributed by atoms with E-state index in [1.54, 1.807) is 36.0 Å². The van der Waals surface area contributed by atoms with E-state index in [0.717, 1.165) is 16.3 Å². The molecular weight excluding hydrogens is 304 g/mol. The van der Waals surface area contributed by atoms with Crippen molar-refractivity contribution in [1.29, 1.82) is 0 Å². The van der Waals surface area contributed by atoms with E-state index in [1.165, 1.54) is 0 Å². The van der Waals surface area contributed by atoms with Crippen molar-refractivity contribution in [3.05, 3.63) is 59.1 Å². The zero-order valence-corrected chi connectivity index (χ0v) is 13.2. The smallest absolute Gasteiger partial charge is 0.237 e. The molecule has 0 spiro atoms. The minimum Gasteiger partial charge on any atom is -0.399 e. The lowest BCUT2D eigenvalue weighted by Gasteiger charge is -2.12. The zero-order chi connectivity index (χ0) is 15.2. The summed E-state index contributed by atoms with van der Waals surface area (Å²) in [7, 11) is 0. The second-order valence-corrected chi connectivity index (χ2v) is 6.39. The number of carbonyl (C=O) groups excluding carboxylic acids is 1. The zero-order valence-electron chi connectivity index (χ0n) is 11.7. The molecule has 1 atom stereocenters. The first-order valence-electron chi connectivity index (χ1n) is 6.57. The predicted octanol–water partition coefficient (Wildman–Crippen LogP) is 4.18. The molecule has 5 heteroatoms. The Morgan fingerprint density at radius 2 is 1.90 bits per heavy atom. The van der Waals surface area contributed by atoms with E-state index >= 15 is 0 Å². The molecule has 0 bridgehead atoms. The van der Waals surface area contributed by atoms with Gasteiger partial charge in [-0.05, 0) is 42.8 Å². The first-order chi connectivity index (χ1) is 10.1. The Kier molecular flexibility index (Phi) is 5.53. The van der Waals surface area contributed by atoms with Gasteiger partial charge in [0.25, 0.3) is 0 Å². The summed E-state index contributed by atoms with van der Waals surface area (Å²) < 4.78 is 0. The van der Waals surface area contributed by atoms with Crippen molar-refractivity contribution in [1.82, 2.24) is 0 Å². The highest BCUT2D eigenvalue weighted by Crippen LogP contribution is 2.24. The normalized spacial score (nSPS) is 11.9. The lowest BCUT2D eigenvalue weighted by Crippen LogP contribution is -2.22. The Morgan fingerprint density at radius 1 is 1.24 bits per heavy atom. The van der Waals surface area contributed by atoms with Gasteiger partial charge in [0.15, 0.2) is 0 Å². The van der Waals surface area contributed by atoms with Crippen LogP contribution in [-0.2, 0) is 10.5 Å². The molecule has 0 aliphatic rings. The molecule has 1 amide bonds. The molecule has 3 nitrogen and oxygen atoms in total. The minimum atomic E-state index is -0.168. The number of nitrogen functional groups attached to an aromatic ring is 1. The van der Waals surface area contributed by atoms with Crippen LogP contribution in [-0.4, -0.2) is 11.2 Å². The van der Waals surface area contributed by atoms with Crippen molar-refractivity contribution in [3.63, 3.8) is 0 Å². The largest absolute Gasteiger partial charge is 0.399 e. The van der Waals surface area contributed by atoms with Crippen LogP contribution in [0.15, 0.2) is 48.5 Å². The van der Waals surface area contributed by atoms with Gasteiger partial charge in [0.05, 0.1) is 5.25 Å². The summed E-state index contributed by atoms with van der Waals surface area (Å²) in [6.45, 7) is 1.88. The molecular formula is C16H17ClN2OS. The van der Waals surface area contributed by atoms with E-state index in [9.17, 15) is 4.79 Å². The predicted molar refractivity (Wildman–Crippen MR) is 91.7 cm³/mol. The standard InChI is InChI=1S/C16H17ClN2OS/c1-11(21-10-12-4-2-3-5-15(12)17)16(20)19-14-8-6-13(18)7-9-14/h2-9,11H,10,18H2,1H3,(H,19,20). The monoisotopic (exact) mass is 320 g/mol. The van der Waals surface area contributed by atoms with Crippen LogP contribution in [0.1, 0.15) is 12.5 Å². The van der Waals surface area contributed by atoms with Crippen LogP contribution in [0.2, 0.25) is 5.02 Å². The van der Waals surface area contributed by atoms with Crippen molar-refractivity contribution in [3.8, 4) is 0 Å². The molecule has 0 aliphatic heterocycles. The van der Waals surface area contributed by atoms with Crippen molar-refractivity contribution in [2.45, 2.75) is 17.9 Å². The van der Waals surface area contributed by atoms with E-state index in [-0.39, 0.29) is 11.2 Å². The summed E-state index contributed by atoms with van der Waals surface area (Å²) in [6, 6.07) is 14.8. The fourth-order valence-electron chi connectivity index (χ4n) is 1.72. The van der Waals surface area contributed by atoms with Gasteiger partial charge in [-0.15, -0.1) is 11.8 Å². The molecule has 0 radical (unpaired) electrons. The molecule has 21 heavy (non-hydrogen) atoms. The highest BCUT2D eigenvalue weighted by molar-refractivity contribution is 7.99. The number of halogens is 1. The Balaban J connectivity index is 1.88. The number of thioether (sulfide) groups is 1. The Bertz CT molecular complexity index is 616. The van der Waals surface area contributed by atoms with E-state index < -0.39 is 0 Å². The molecule has 0 fully saturated rings. The lowest BCUT2D eigenvalue weighted by atomic mass is 10.2. The third-order valence-electron chi connectivity index (χ3n) is 2.99. The molecule has 0 saturated heterocycles. The van der Waals surface area contributed by atoms with Gasteiger partial charge >= 0.3 is 0 Å². The Morgan fingerprint density at radius 3 is 2.57 bits per heavy atom. The van der Waals surface area contributed by atoms with Crippen LogP contribution in [0.4, 0.5) is 11.4 Å². The Hall–Kier alpha value is -1.65. The van der Waals surface area contributed by atoms with E-state index in [4.69, 9.17) is 17.3 Å². The van der Waals surface area contributed by atoms with Crippen LogP contribution in [0, 0.1) is 0 Å². The average molecular weight is 321 g/mol. The molecule has 2 aromatic carbocycles. The molecule has 0 heterocycles. The summed E-state index contributed by atoms with van der Waals surface area (Å²) in [5, 5.41) is 3.44. The summed E-state index contributed by atoms with van der Waals surface area (Å²) in [6.07, 6.45) is 0. The van der Waals surface area contributed by atoms with Gasteiger partial charge in [-0.1, -0.05) is 29.8 Å². The molecule has 2 aromatic rings. The van der Waals surface area contributed by atoms with Crippen molar-refractivity contribution in [2.75, 3.05) is 11.1 Å². The Labute approximate surface area is 133 Å². The molecule has 0 saturated carbocycles. The number of benzene rings is 2. The van der Waals surface area contributed by atoms with E-state index in [2.05, 4.69) is 5.32 Å². The van der Waals surface area contributed by atoms with Crippen LogP contribution in [0.25, 0.3) is 0 Å². The van der Waals surface area contributed by atoms with Gasteiger partial charge in [-0.25, -0.2) is 0 Å². The molecule has 0 aromatic heterocycles. The van der Waals surface area contributed by atoms with E-state index in [1.807, 2.05) is 31.2 Å². The third-order valence-corrected chi connectivity index (χ3v) is 4.55. The maximum atomic E-state index is 12.1. The van der Waals surface area contributed by atoms with Gasteiger partial charge in [0.2, 0.25) is 5.91 Å². The number of hydrogen-bond acceptors (Lipinski definition) is 3. The van der Waals surface area contributed by atoms with Crippen molar-refractivity contribution >= 4 is 40.6 Å². The van der Waals surface area contributed by atoms with Gasteiger partial charge < -0.3 is 11.1 Å². The van der Waals surface area contributed by atoms with Crippen molar-refractivity contribution < 1.29 is 4.79 Å². The highest BCUT2D eigenvalue weighted by Gasteiger charge is 2.14. The topological polar surface area (TPSA) is 55.1 Å². The lowest BCUT2D eigenvalue weighted by molar-refractivity contribution is -0.115. The molecule has 110 valence electrons. The second-order valence-electron chi connectivity index (χ2n) is 4.66. The van der Waals surface area contributed by atoms with Gasteiger partial charge in [-0.2, -0.15) is 0 Å². The third kappa shape index (κ3) is 4.69. The quantitative estimate of drug-likeness (QED) is 0.812. The SMILES string of the molecule is CC(SCc1ccccc1Cl)C(=O)Nc1ccc(N)cc1. The van der Waals surface area contributed by atoms with E-state index in [0.29, 0.717) is 11.4 Å². The maximum absolute atomic E-state index is 12.1. The number of nitrogens with two attached hydrogens (primary N) is 1. The first-order valence-corrected chi connectivity index (χ1v) is 8.00. The maximum Gasteiger partial charge on any atom is 0.237 e. The van der Waals surface area contributed by atoms with Crippen LogP contribution in [0.5, 0.6) is 0 Å².